The highest BCUT2D eigenvalue weighted by molar-refractivity contribution is 5.98. The van der Waals surface area contributed by atoms with Gasteiger partial charge in [0.15, 0.2) is 0 Å². The number of allylic oxidation sites excluding steroid dienone is 1. The van der Waals surface area contributed by atoms with Gasteiger partial charge < -0.3 is 21.3 Å². The smallest absolute Gasteiger partial charge is 0.336 e. The lowest BCUT2D eigenvalue weighted by Gasteiger charge is -2.28. The van der Waals surface area contributed by atoms with Gasteiger partial charge in [-0.15, -0.1) is 0 Å². The van der Waals surface area contributed by atoms with E-state index in [1.54, 1.807) is 18.2 Å². The average molecular weight is 299 g/mol. The molecule has 1 atom stereocenters. The lowest BCUT2D eigenvalue weighted by Crippen LogP contribution is -2.35. The van der Waals surface area contributed by atoms with Crippen LogP contribution in [-0.2, 0) is 9.59 Å². The van der Waals surface area contributed by atoms with Gasteiger partial charge in [-0.1, -0.05) is 12.1 Å². The van der Waals surface area contributed by atoms with E-state index in [9.17, 15) is 19.8 Å². The van der Waals surface area contributed by atoms with Crippen molar-refractivity contribution in [2.24, 2.45) is 5.73 Å². The van der Waals surface area contributed by atoms with Crippen LogP contribution in [0.4, 0.5) is 0 Å². The van der Waals surface area contributed by atoms with Crippen LogP contribution in [0.5, 0.6) is 0 Å². The normalized spacial score (nSPS) is 17.7. The van der Waals surface area contributed by atoms with Crippen molar-refractivity contribution in [3.05, 3.63) is 58.1 Å². The van der Waals surface area contributed by atoms with E-state index in [0.717, 1.165) is 0 Å². The van der Waals surface area contributed by atoms with Crippen molar-refractivity contribution in [2.75, 3.05) is 0 Å². The molecule has 112 valence electrons. The van der Waals surface area contributed by atoms with Gasteiger partial charge in [0, 0.05) is 5.70 Å². The van der Waals surface area contributed by atoms with Crippen LogP contribution >= 0.6 is 0 Å². The predicted molar refractivity (Wildman–Crippen MR) is 76.2 cm³/mol. The van der Waals surface area contributed by atoms with Crippen molar-refractivity contribution in [2.45, 2.75) is 12.8 Å². The molecule has 0 fully saturated rings. The Hall–Kier alpha value is -3.27. The molecule has 1 aromatic rings. The summed E-state index contributed by atoms with van der Waals surface area (Å²) in [4.78, 5) is 23.1. The van der Waals surface area contributed by atoms with E-state index >= 15 is 0 Å². The molecule has 0 amide bonds. The summed E-state index contributed by atoms with van der Waals surface area (Å²) in [6.07, 6.45) is 0. The zero-order chi connectivity index (χ0) is 16.4. The molecule has 1 aliphatic heterocycles. The fraction of sp³-hybridized carbons (Fsp3) is 0.133. The summed E-state index contributed by atoms with van der Waals surface area (Å²) in [5.74, 6) is -3.72. The fourth-order valence-electron chi connectivity index (χ4n) is 2.50. The molecule has 0 aliphatic carbocycles. The highest BCUT2D eigenvalue weighted by atomic mass is 16.4. The fourth-order valence-corrected chi connectivity index (χ4v) is 2.50. The Morgan fingerprint density at radius 1 is 1.27 bits per heavy atom. The first-order chi connectivity index (χ1) is 10.4. The molecule has 7 heteroatoms. The highest BCUT2D eigenvalue weighted by Gasteiger charge is 2.37. The summed E-state index contributed by atoms with van der Waals surface area (Å²) in [6.45, 7) is 1.51. The molecule has 0 aromatic heterocycles. The molecule has 0 radical (unpaired) electrons. The number of dihydropyridines is 1. The molecule has 0 saturated heterocycles. The van der Waals surface area contributed by atoms with Gasteiger partial charge in [-0.05, 0) is 24.6 Å². The maximum Gasteiger partial charge on any atom is 0.336 e. The van der Waals surface area contributed by atoms with Gasteiger partial charge in [0.25, 0.3) is 0 Å². The largest absolute Gasteiger partial charge is 0.478 e. The van der Waals surface area contributed by atoms with E-state index in [2.05, 4.69) is 5.32 Å². The standard InChI is InChI=1S/C15H13N3O4/c1-7-10(14(19)20)11(12(15(21)22)13(17)18-7)9-4-2-3-8(5-9)6-16/h2-5,11,18H,17H2,1H3,(H,19,20)(H,21,22)/t11-/m1/s1. The molecule has 1 aromatic carbocycles. The third-order valence-electron chi connectivity index (χ3n) is 3.40. The molecule has 1 aliphatic rings. The van der Waals surface area contributed by atoms with Crippen LogP contribution in [-0.4, -0.2) is 22.2 Å². The second-order valence-electron chi connectivity index (χ2n) is 4.77. The summed E-state index contributed by atoms with van der Waals surface area (Å²) in [5.41, 5.74) is 6.33. The van der Waals surface area contributed by atoms with Gasteiger partial charge in [-0.2, -0.15) is 5.26 Å². The molecular formula is C15H13N3O4. The number of nitrogens with zero attached hydrogens (tertiary/aromatic N) is 1. The van der Waals surface area contributed by atoms with Crippen molar-refractivity contribution in [3.63, 3.8) is 0 Å². The van der Waals surface area contributed by atoms with Gasteiger partial charge in [-0.25, -0.2) is 9.59 Å². The van der Waals surface area contributed by atoms with Crippen molar-refractivity contribution in [1.29, 1.82) is 5.26 Å². The zero-order valence-electron chi connectivity index (χ0n) is 11.6. The Balaban J connectivity index is 2.72. The lowest BCUT2D eigenvalue weighted by molar-refractivity contribution is -0.133. The molecule has 1 heterocycles. The average Bonchev–Trinajstić information content (AvgIpc) is 2.45. The zero-order valence-corrected chi connectivity index (χ0v) is 11.6. The van der Waals surface area contributed by atoms with Crippen LogP contribution < -0.4 is 11.1 Å². The molecule has 0 unspecified atom stereocenters. The maximum atomic E-state index is 11.6. The monoisotopic (exact) mass is 299 g/mol. The SMILES string of the molecule is CC1=C(C(=O)O)[C@@H](c2cccc(C#N)c2)C(C(=O)O)=C(N)N1. The number of rotatable bonds is 3. The minimum Gasteiger partial charge on any atom is -0.478 e. The molecule has 0 spiro atoms. The van der Waals surface area contributed by atoms with E-state index in [1.165, 1.54) is 13.0 Å². The van der Waals surface area contributed by atoms with E-state index in [4.69, 9.17) is 11.0 Å². The molecule has 0 saturated carbocycles. The first-order valence-corrected chi connectivity index (χ1v) is 6.31. The molecular weight excluding hydrogens is 286 g/mol. The number of nitrogens with two attached hydrogens (primary N) is 1. The second kappa shape index (κ2) is 5.61. The summed E-state index contributed by atoms with van der Waals surface area (Å²) < 4.78 is 0. The summed E-state index contributed by atoms with van der Waals surface area (Å²) in [6, 6.07) is 8.10. The quantitative estimate of drug-likeness (QED) is 0.649. The second-order valence-corrected chi connectivity index (χ2v) is 4.77. The Morgan fingerprint density at radius 2 is 1.91 bits per heavy atom. The number of carboxylic acids is 2. The van der Waals surface area contributed by atoms with Crippen LogP contribution in [0.25, 0.3) is 0 Å². The van der Waals surface area contributed by atoms with Crippen molar-refractivity contribution >= 4 is 11.9 Å². The molecule has 2 rings (SSSR count). The van der Waals surface area contributed by atoms with Crippen LogP contribution in [0, 0.1) is 11.3 Å². The maximum absolute atomic E-state index is 11.6. The van der Waals surface area contributed by atoms with Gasteiger partial charge in [0.2, 0.25) is 0 Å². The van der Waals surface area contributed by atoms with Crippen LogP contribution in [0.1, 0.15) is 24.0 Å². The molecule has 5 N–H and O–H groups in total. The molecule has 7 nitrogen and oxygen atoms in total. The van der Waals surface area contributed by atoms with E-state index in [0.29, 0.717) is 11.1 Å². The number of benzene rings is 1. The van der Waals surface area contributed by atoms with Gasteiger partial charge >= 0.3 is 11.9 Å². The Labute approximate surface area is 126 Å². The third-order valence-corrected chi connectivity index (χ3v) is 3.40. The number of hydrogen-bond acceptors (Lipinski definition) is 5. The first-order valence-electron chi connectivity index (χ1n) is 6.31. The number of nitrogens with one attached hydrogen (secondary N) is 1. The number of carbonyl (C=O) groups is 2. The van der Waals surface area contributed by atoms with Crippen LogP contribution in [0.15, 0.2) is 46.9 Å². The molecule has 22 heavy (non-hydrogen) atoms. The molecule has 0 bridgehead atoms. The summed E-state index contributed by atoms with van der Waals surface area (Å²) in [5, 5.41) is 30.4. The Morgan fingerprint density at radius 3 is 2.45 bits per heavy atom. The van der Waals surface area contributed by atoms with Crippen molar-refractivity contribution in [1.82, 2.24) is 5.32 Å². The number of nitriles is 1. The first kappa shape index (κ1) is 15.1. The Kier molecular flexibility index (Phi) is 3.86. The van der Waals surface area contributed by atoms with Crippen LogP contribution in [0.3, 0.4) is 0 Å². The number of aliphatic carboxylic acids is 2. The minimum absolute atomic E-state index is 0.109. The van der Waals surface area contributed by atoms with Crippen LogP contribution in [0.2, 0.25) is 0 Å². The number of hydrogen-bond donors (Lipinski definition) is 4. The predicted octanol–water partition coefficient (Wildman–Crippen LogP) is 0.859. The van der Waals surface area contributed by atoms with Gasteiger partial charge in [0.05, 0.1) is 28.7 Å². The summed E-state index contributed by atoms with van der Waals surface area (Å²) in [7, 11) is 0. The summed E-state index contributed by atoms with van der Waals surface area (Å²) >= 11 is 0. The van der Waals surface area contributed by atoms with Gasteiger partial charge in [0.1, 0.15) is 5.82 Å². The van der Waals surface area contributed by atoms with Crippen molar-refractivity contribution < 1.29 is 19.8 Å². The highest BCUT2D eigenvalue weighted by Crippen LogP contribution is 2.37. The Bertz CT molecular complexity index is 735. The number of carboxylic acid groups (broad SMARTS) is 2. The topological polar surface area (TPSA) is 136 Å². The minimum atomic E-state index is -1.32. The van der Waals surface area contributed by atoms with E-state index < -0.39 is 17.9 Å². The van der Waals surface area contributed by atoms with Gasteiger partial charge in [-0.3, -0.25) is 0 Å². The van der Waals surface area contributed by atoms with E-state index in [-0.39, 0.29) is 22.7 Å². The third kappa shape index (κ3) is 2.50. The lowest BCUT2D eigenvalue weighted by atomic mass is 9.81. The van der Waals surface area contributed by atoms with Crippen molar-refractivity contribution in [3.8, 4) is 6.07 Å². The van der Waals surface area contributed by atoms with E-state index in [1.807, 2.05) is 6.07 Å².